The maximum Gasteiger partial charge on any atom is 0.340 e. The normalized spacial score (nSPS) is 22.0. The summed E-state index contributed by atoms with van der Waals surface area (Å²) in [5, 5.41) is 10.8. The molecule has 3 aromatic rings. The standard InChI is InChI=1S/C20H22N6O2/c1-25-11-15(10-21-25)13-3-2-4-14(9-13)19(27)26-8-7-16(12-5-6-12)17(26)18-22-20(28)24-23-18/h2-4,9-12,16-17H,5-8H2,1H3,(H2,22,23,24,28). The fraction of sp³-hybridized carbons (Fsp3) is 0.400. The van der Waals surface area contributed by atoms with Crippen LogP contribution in [0.1, 0.15) is 41.5 Å². The molecular formula is C20H22N6O2. The molecule has 2 aliphatic rings. The number of nitrogens with zero attached hydrogens (tertiary/aromatic N) is 4. The van der Waals surface area contributed by atoms with E-state index >= 15 is 0 Å². The number of aromatic nitrogens is 5. The Bertz CT molecular complexity index is 1080. The lowest BCUT2D eigenvalue weighted by molar-refractivity contribution is 0.0705. The summed E-state index contributed by atoms with van der Waals surface area (Å²) < 4.78 is 1.74. The van der Waals surface area contributed by atoms with Crippen molar-refractivity contribution in [3.63, 3.8) is 0 Å². The predicted octanol–water partition coefficient (Wildman–Crippen LogP) is 2.11. The first-order chi connectivity index (χ1) is 13.6. The van der Waals surface area contributed by atoms with E-state index in [1.54, 1.807) is 10.9 Å². The number of carbonyl (C=O) groups is 1. The Labute approximate surface area is 161 Å². The molecule has 0 bridgehead atoms. The number of hydrogen-bond acceptors (Lipinski definition) is 4. The van der Waals surface area contributed by atoms with Crippen molar-refractivity contribution in [1.29, 1.82) is 0 Å². The number of nitrogens with one attached hydrogen (secondary N) is 2. The number of rotatable bonds is 4. The van der Waals surface area contributed by atoms with Crippen LogP contribution in [0, 0.1) is 11.8 Å². The number of benzene rings is 1. The van der Waals surface area contributed by atoms with Crippen molar-refractivity contribution < 1.29 is 4.79 Å². The highest BCUT2D eigenvalue weighted by molar-refractivity contribution is 5.96. The van der Waals surface area contributed by atoms with Gasteiger partial charge in [-0.3, -0.25) is 14.5 Å². The molecule has 3 heterocycles. The van der Waals surface area contributed by atoms with E-state index in [0.717, 1.165) is 17.5 Å². The molecule has 2 atom stereocenters. The van der Waals surface area contributed by atoms with E-state index in [1.165, 1.54) is 12.8 Å². The molecule has 8 heteroatoms. The Morgan fingerprint density at radius 2 is 2.07 bits per heavy atom. The summed E-state index contributed by atoms with van der Waals surface area (Å²) in [6.45, 7) is 0.677. The highest BCUT2D eigenvalue weighted by atomic mass is 16.2. The monoisotopic (exact) mass is 378 g/mol. The molecular weight excluding hydrogens is 356 g/mol. The van der Waals surface area contributed by atoms with Gasteiger partial charge >= 0.3 is 5.69 Å². The summed E-state index contributed by atoms with van der Waals surface area (Å²) in [5.41, 5.74) is 2.24. The van der Waals surface area contributed by atoms with Crippen LogP contribution in [0.5, 0.6) is 0 Å². The zero-order valence-electron chi connectivity index (χ0n) is 15.6. The van der Waals surface area contributed by atoms with Crippen molar-refractivity contribution in [3.05, 3.63) is 58.5 Å². The second kappa shape index (κ2) is 6.47. The van der Waals surface area contributed by atoms with Gasteiger partial charge in [0.25, 0.3) is 5.91 Å². The topological polar surface area (TPSA) is 99.7 Å². The summed E-state index contributed by atoms with van der Waals surface area (Å²) in [4.78, 5) is 29.6. The molecule has 1 aliphatic carbocycles. The quantitative estimate of drug-likeness (QED) is 0.726. The lowest BCUT2D eigenvalue weighted by atomic mass is 9.94. The third-order valence-corrected chi connectivity index (χ3v) is 5.88. The molecule has 28 heavy (non-hydrogen) atoms. The maximum absolute atomic E-state index is 13.4. The fourth-order valence-electron chi connectivity index (χ4n) is 4.40. The molecule has 1 aromatic carbocycles. The van der Waals surface area contributed by atoms with Crippen molar-refractivity contribution in [2.24, 2.45) is 18.9 Å². The molecule has 0 radical (unpaired) electrons. The van der Waals surface area contributed by atoms with E-state index in [0.29, 0.717) is 29.8 Å². The maximum atomic E-state index is 13.4. The average Bonchev–Trinajstić information content (AvgIpc) is 3.09. The lowest BCUT2D eigenvalue weighted by Crippen LogP contribution is -2.33. The molecule has 1 aliphatic heterocycles. The Kier molecular flexibility index (Phi) is 3.92. The second-order valence-corrected chi connectivity index (χ2v) is 7.78. The van der Waals surface area contributed by atoms with Crippen molar-refractivity contribution in [1.82, 2.24) is 29.9 Å². The van der Waals surface area contributed by atoms with Gasteiger partial charge in [0.05, 0.1) is 12.2 Å². The number of H-pyrrole nitrogens is 2. The van der Waals surface area contributed by atoms with E-state index in [2.05, 4.69) is 20.3 Å². The van der Waals surface area contributed by atoms with Gasteiger partial charge in [0.1, 0.15) is 0 Å². The fourth-order valence-corrected chi connectivity index (χ4v) is 4.40. The number of aromatic amines is 2. The first-order valence-electron chi connectivity index (χ1n) is 9.65. The van der Waals surface area contributed by atoms with Crippen LogP contribution in [0.4, 0.5) is 0 Å². The SMILES string of the molecule is Cn1cc(-c2cccc(C(=O)N3CCC(C4CC4)C3c3n[nH]c(=O)[nH]3)c2)cn1. The zero-order chi connectivity index (χ0) is 19.3. The van der Waals surface area contributed by atoms with E-state index in [1.807, 2.05) is 42.4 Å². The molecule has 2 fully saturated rings. The lowest BCUT2D eigenvalue weighted by Gasteiger charge is -2.26. The molecule has 1 amide bonds. The highest BCUT2D eigenvalue weighted by Gasteiger charge is 2.47. The minimum absolute atomic E-state index is 0.0252. The van der Waals surface area contributed by atoms with Gasteiger partial charge in [-0.15, -0.1) is 0 Å². The largest absolute Gasteiger partial charge is 0.340 e. The summed E-state index contributed by atoms with van der Waals surface area (Å²) >= 11 is 0. The summed E-state index contributed by atoms with van der Waals surface area (Å²) in [6.07, 6.45) is 7.04. The van der Waals surface area contributed by atoms with Crippen molar-refractivity contribution >= 4 is 5.91 Å². The van der Waals surface area contributed by atoms with E-state index < -0.39 is 0 Å². The first kappa shape index (κ1) is 17.0. The van der Waals surface area contributed by atoms with Crippen LogP contribution in [0.2, 0.25) is 0 Å². The van der Waals surface area contributed by atoms with Crippen LogP contribution in [0.15, 0.2) is 41.5 Å². The third-order valence-electron chi connectivity index (χ3n) is 5.88. The molecule has 144 valence electrons. The molecule has 2 aromatic heterocycles. The Morgan fingerprint density at radius 3 is 2.75 bits per heavy atom. The summed E-state index contributed by atoms with van der Waals surface area (Å²) in [6, 6.07) is 7.45. The van der Waals surface area contributed by atoms with Gasteiger partial charge in [0.2, 0.25) is 0 Å². The Hall–Kier alpha value is -3.16. The van der Waals surface area contributed by atoms with E-state index in [4.69, 9.17) is 0 Å². The Balaban J connectivity index is 1.47. The highest BCUT2D eigenvalue weighted by Crippen LogP contribution is 2.49. The second-order valence-electron chi connectivity index (χ2n) is 7.78. The molecule has 1 saturated carbocycles. The molecule has 2 unspecified atom stereocenters. The molecule has 2 N–H and O–H groups in total. The number of amides is 1. The van der Waals surface area contributed by atoms with Gasteiger partial charge in [-0.1, -0.05) is 12.1 Å². The van der Waals surface area contributed by atoms with Crippen LogP contribution in [-0.2, 0) is 7.05 Å². The Morgan fingerprint density at radius 1 is 1.21 bits per heavy atom. The third kappa shape index (κ3) is 2.94. The van der Waals surface area contributed by atoms with E-state index in [9.17, 15) is 9.59 Å². The van der Waals surface area contributed by atoms with Crippen LogP contribution < -0.4 is 5.69 Å². The summed E-state index contributed by atoms with van der Waals surface area (Å²) in [5.74, 6) is 1.51. The smallest absolute Gasteiger partial charge is 0.328 e. The first-order valence-corrected chi connectivity index (χ1v) is 9.65. The number of likely N-dealkylation sites (tertiary alicyclic amines) is 1. The number of hydrogen-bond donors (Lipinski definition) is 2. The van der Waals surface area contributed by atoms with Crippen LogP contribution in [0.25, 0.3) is 11.1 Å². The van der Waals surface area contributed by atoms with Gasteiger partial charge in [-0.05, 0) is 48.8 Å². The van der Waals surface area contributed by atoms with Crippen molar-refractivity contribution in [2.75, 3.05) is 6.54 Å². The molecule has 5 rings (SSSR count). The van der Waals surface area contributed by atoms with Crippen molar-refractivity contribution in [2.45, 2.75) is 25.3 Å². The van der Waals surface area contributed by atoms with Crippen LogP contribution >= 0.6 is 0 Å². The van der Waals surface area contributed by atoms with Crippen LogP contribution in [0.3, 0.4) is 0 Å². The van der Waals surface area contributed by atoms with E-state index in [-0.39, 0.29) is 17.6 Å². The van der Waals surface area contributed by atoms with Gasteiger partial charge in [-0.25, -0.2) is 9.89 Å². The molecule has 0 spiro atoms. The average molecular weight is 378 g/mol. The van der Waals surface area contributed by atoms with Crippen molar-refractivity contribution in [3.8, 4) is 11.1 Å². The predicted molar refractivity (Wildman–Crippen MR) is 102 cm³/mol. The zero-order valence-corrected chi connectivity index (χ0v) is 15.6. The summed E-state index contributed by atoms with van der Waals surface area (Å²) in [7, 11) is 1.87. The van der Waals surface area contributed by atoms with Crippen LogP contribution in [-0.4, -0.2) is 42.3 Å². The number of aryl methyl sites for hydroxylation is 1. The van der Waals surface area contributed by atoms with Gasteiger partial charge < -0.3 is 4.90 Å². The van der Waals surface area contributed by atoms with Gasteiger partial charge in [0.15, 0.2) is 5.82 Å². The molecule has 8 nitrogen and oxygen atoms in total. The number of carbonyl (C=O) groups excluding carboxylic acids is 1. The minimum atomic E-state index is -0.331. The minimum Gasteiger partial charge on any atom is -0.328 e. The van der Waals surface area contributed by atoms with Gasteiger partial charge in [-0.2, -0.15) is 10.2 Å². The molecule has 1 saturated heterocycles. The van der Waals surface area contributed by atoms with Gasteiger partial charge in [0, 0.05) is 30.9 Å².